The van der Waals surface area contributed by atoms with Gasteiger partial charge in [-0.2, -0.15) is 0 Å². The number of nitro groups is 1. The first-order valence-electron chi connectivity index (χ1n) is 6.84. The lowest BCUT2D eigenvalue weighted by molar-refractivity contribution is -0.384. The number of carbonyl (C=O) groups excluding carboxylic acids is 2. The van der Waals surface area contributed by atoms with E-state index in [1.54, 1.807) is 31.2 Å². The molecule has 2 aromatic rings. The zero-order valence-electron chi connectivity index (χ0n) is 12.3. The number of nitro benzene ring substituents is 1. The number of rotatable bonds is 5. The van der Waals surface area contributed by atoms with Crippen molar-refractivity contribution < 1.29 is 19.2 Å². The molecule has 0 aliphatic rings. The molecular weight excluding hydrogens is 300 g/mol. The van der Waals surface area contributed by atoms with Gasteiger partial charge in [-0.15, -0.1) is 0 Å². The SMILES string of the molecule is CCOC(=O)c1ccc(NC(=O)c2ccc([N+](=O)[O-])cc2)cc1. The van der Waals surface area contributed by atoms with Crippen molar-refractivity contribution in [3.63, 3.8) is 0 Å². The van der Waals surface area contributed by atoms with Crippen molar-refractivity contribution >= 4 is 23.3 Å². The Hall–Kier alpha value is -3.22. The molecule has 0 unspecified atom stereocenters. The highest BCUT2D eigenvalue weighted by Crippen LogP contribution is 2.15. The molecule has 7 nitrogen and oxygen atoms in total. The van der Waals surface area contributed by atoms with Crippen molar-refractivity contribution in [2.24, 2.45) is 0 Å². The minimum absolute atomic E-state index is 0.0830. The number of hydrogen-bond acceptors (Lipinski definition) is 5. The lowest BCUT2D eigenvalue weighted by Crippen LogP contribution is -2.12. The molecular formula is C16H14N2O5. The van der Waals surface area contributed by atoms with Crippen molar-refractivity contribution in [2.75, 3.05) is 11.9 Å². The van der Waals surface area contributed by atoms with E-state index in [4.69, 9.17) is 4.74 Å². The number of benzene rings is 2. The molecule has 1 amide bonds. The van der Waals surface area contributed by atoms with Gasteiger partial charge < -0.3 is 10.1 Å². The normalized spacial score (nSPS) is 9.96. The van der Waals surface area contributed by atoms with Crippen LogP contribution in [-0.2, 0) is 4.74 Å². The van der Waals surface area contributed by atoms with Crippen LogP contribution >= 0.6 is 0 Å². The highest BCUT2D eigenvalue weighted by Gasteiger charge is 2.10. The number of ether oxygens (including phenoxy) is 1. The molecule has 118 valence electrons. The Labute approximate surface area is 132 Å². The largest absolute Gasteiger partial charge is 0.462 e. The number of anilines is 1. The van der Waals surface area contributed by atoms with Crippen LogP contribution in [0, 0.1) is 10.1 Å². The topological polar surface area (TPSA) is 98.5 Å². The monoisotopic (exact) mass is 314 g/mol. The second-order valence-electron chi connectivity index (χ2n) is 4.56. The fourth-order valence-corrected chi connectivity index (χ4v) is 1.84. The molecule has 0 fully saturated rings. The molecule has 0 saturated heterocycles. The van der Waals surface area contributed by atoms with Crippen molar-refractivity contribution in [3.05, 3.63) is 69.8 Å². The summed E-state index contributed by atoms with van der Waals surface area (Å²) >= 11 is 0. The van der Waals surface area contributed by atoms with Crippen LogP contribution < -0.4 is 5.32 Å². The number of carbonyl (C=O) groups is 2. The summed E-state index contributed by atoms with van der Waals surface area (Å²) in [4.78, 5) is 33.6. The summed E-state index contributed by atoms with van der Waals surface area (Å²) < 4.78 is 4.87. The lowest BCUT2D eigenvalue weighted by Gasteiger charge is -2.06. The van der Waals surface area contributed by atoms with Gasteiger partial charge in [0.2, 0.25) is 0 Å². The lowest BCUT2D eigenvalue weighted by atomic mass is 10.1. The molecule has 2 rings (SSSR count). The van der Waals surface area contributed by atoms with Gasteiger partial charge in [-0.3, -0.25) is 14.9 Å². The van der Waals surface area contributed by atoms with Gasteiger partial charge in [-0.25, -0.2) is 4.79 Å². The maximum atomic E-state index is 12.0. The molecule has 0 aliphatic carbocycles. The molecule has 0 radical (unpaired) electrons. The van der Waals surface area contributed by atoms with Crippen molar-refractivity contribution in [3.8, 4) is 0 Å². The molecule has 7 heteroatoms. The zero-order valence-corrected chi connectivity index (χ0v) is 12.3. The Balaban J connectivity index is 2.05. The molecule has 23 heavy (non-hydrogen) atoms. The third kappa shape index (κ3) is 4.13. The Kier molecular flexibility index (Phi) is 5.03. The van der Waals surface area contributed by atoms with Crippen molar-refractivity contribution in [1.82, 2.24) is 0 Å². The average molecular weight is 314 g/mol. The van der Waals surface area contributed by atoms with Crippen LogP contribution in [0.15, 0.2) is 48.5 Å². The number of hydrogen-bond donors (Lipinski definition) is 1. The minimum Gasteiger partial charge on any atom is -0.462 e. The van der Waals surface area contributed by atoms with Crippen molar-refractivity contribution in [1.29, 1.82) is 0 Å². The van der Waals surface area contributed by atoms with Gasteiger partial charge in [0.05, 0.1) is 17.1 Å². The second kappa shape index (κ2) is 7.17. The van der Waals surface area contributed by atoms with Crippen molar-refractivity contribution in [2.45, 2.75) is 6.92 Å². The molecule has 0 aliphatic heterocycles. The van der Waals surface area contributed by atoms with E-state index in [1.165, 1.54) is 24.3 Å². The Morgan fingerprint density at radius 2 is 1.61 bits per heavy atom. The highest BCUT2D eigenvalue weighted by atomic mass is 16.6. The maximum absolute atomic E-state index is 12.0. The molecule has 0 heterocycles. The number of esters is 1. The summed E-state index contributed by atoms with van der Waals surface area (Å²) in [6, 6.07) is 11.5. The number of amides is 1. The molecule has 0 spiro atoms. The fraction of sp³-hybridized carbons (Fsp3) is 0.125. The quantitative estimate of drug-likeness (QED) is 0.519. The fourth-order valence-electron chi connectivity index (χ4n) is 1.84. The Morgan fingerprint density at radius 1 is 1.04 bits per heavy atom. The second-order valence-corrected chi connectivity index (χ2v) is 4.56. The first kappa shape index (κ1) is 16.2. The summed E-state index contributed by atoms with van der Waals surface area (Å²) in [5.41, 5.74) is 1.10. The van der Waals surface area contributed by atoms with E-state index in [0.717, 1.165) is 0 Å². The van der Waals surface area contributed by atoms with E-state index in [1.807, 2.05) is 0 Å². The molecule has 0 aromatic heterocycles. The van der Waals surface area contributed by atoms with Crippen LogP contribution in [0.2, 0.25) is 0 Å². The Bertz CT molecular complexity index is 723. The van der Waals surface area contributed by atoms with Crippen LogP contribution in [-0.4, -0.2) is 23.4 Å². The van der Waals surface area contributed by atoms with Gasteiger partial charge in [0.15, 0.2) is 0 Å². The Morgan fingerprint density at radius 3 is 2.13 bits per heavy atom. The zero-order chi connectivity index (χ0) is 16.8. The van der Waals surface area contributed by atoms with Crippen LogP contribution in [0.1, 0.15) is 27.6 Å². The van der Waals surface area contributed by atoms with E-state index in [-0.39, 0.29) is 12.3 Å². The maximum Gasteiger partial charge on any atom is 0.338 e. The van der Waals surface area contributed by atoms with Gasteiger partial charge >= 0.3 is 5.97 Å². The first-order valence-corrected chi connectivity index (χ1v) is 6.84. The predicted octanol–water partition coefficient (Wildman–Crippen LogP) is 3.02. The standard InChI is InChI=1S/C16H14N2O5/c1-2-23-16(20)12-3-7-13(8-4-12)17-15(19)11-5-9-14(10-6-11)18(21)22/h3-10H,2H2,1H3,(H,17,19). The summed E-state index contributed by atoms with van der Waals surface area (Å²) in [5, 5.41) is 13.2. The number of nitrogens with one attached hydrogen (secondary N) is 1. The van der Waals surface area contributed by atoms with Gasteiger partial charge in [-0.1, -0.05) is 0 Å². The van der Waals surface area contributed by atoms with Gasteiger partial charge in [0.25, 0.3) is 11.6 Å². The summed E-state index contributed by atoms with van der Waals surface area (Å²) in [6.07, 6.45) is 0. The van der Waals surface area contributed by atoms with Gasteiger partial charge in [-0.05, 0) is 43.3 Å². The predicted molar refractivity (Wildman–Crippen MR) is 83.4 cm³/mol. The smallest absolute Gasteiger partial charge is 0.338 e. The van der Waals surface area contributed by atoms with Crippen LogP contribution in [0.4, 0.5) is 11.4 Å². The molecule has 0 atom stereocenters. The summed E-state index contributed by atoms with van der Waals surface area (Å²) in [7, 11) is 0. The minimum atomic E-state index is -0.532. The molecule has 0 saturated carbocycles. The number of non-ortho nitro benzene ring substituents is 1. The highest BCUT2D eigenvalue weighted by molar-refractivity contribution is 6.04. The van der Waals surface area contributed by atoms with E-state index in [0.29, 0.717) is 16.8 Å². The molecule has 0 bridgehead atoms. The van der Waals surface area contributed by atoms with E-state index in [9.17, 15) is 19.7 Å². The third-order valence-electron chi connectivity index (χ3n) is 2.99. The van der Waals surface area contributed by atoms with Crippen LogP contribution in [0.3, 0.4) is 0 Å². The van der Waals surface area contributed by atoms with E-state index in [2.05, 4.69) is 5.32 Å². The number of nitrogens with zero attached hydrogens (tertiary/aromatic N) is 1. The molecule has 1 N–H and O–H groups in total. The van der Waals surface area contributed by atoms with Crippen LogP contribution in [0.25, 0.3) is 0 Å². The van der Waals surface area contributed by atoms with Gasteiger partial charge in [0.1, 0.15) is 0 Å². The molecule has 2 aromatic carbocycles. The van der Waals surface area contributed by atoms with Crippen LogP contribution in [0.5, 0.6) is 0 Å². The van der Waals surface area contributed by atoms with E-state index >= 15 is 0 Å². The van der Waals surface area contributed by atoms with E-state index < -0.39 is 16.8 Å². The third-order valence-corrected chi connectivity index (χ3v) is 2.99. The first-order chi connectivity index (χ1) is 11.0. The average Bonchev–Trinajstić information content (AvgIpc) is 2.55. The van der Waals surface area contributed by atoms with Gasteiger partial charge in [0, 0.05) is 23.4 Å². The summed E-state index contributed by atoms with van der Waals surface area (Å²) in [5.74, 6) is -0.829. The summed E-state index contributed by atoms with van der Waals surface area (Å²) in [6.45, 7) is 2.01.